The molecule has 0 aromatic carbocycles. The molecule has 2 aliphatic rings. The molecule has 0 aromatic rings. The second kappa shape index (κ2) is 5.19. The van der Waals surface area contributed by atoms with Gasteiger partial charge in [-0.15, -0.1) is 0 Å². The summed E-state index contributed by atoms with van der Waals surface area (Å²) in [7, 11) is 1.13. The van der Waals surface area contributed by atoms with Crippen LogP contribution in [0.1, 0.15) is 32.1 Å². The average Bonchev–Trinajstić information content (AvgIpc) is 2.75. The maximum absolute atomic E-state index is 11.5. The van der Waals surface area contributed by atoms with Gasteiger partial charge in [-0.25, -0.2) is 0 Å². The van der Waals surface area contributed by atoms with Crippen LogP contribution >= 0.6 is 0 Å². The lowest BCUT2D eigenvalue weighted by Crippen LogP contribution is -2.52. The van der Waals surface area contributed by atoms with Gasteiger partial charge in [0.25, 0.3) is 7.48 Å². The van der Waals surface area contributed by atoms with E-state index in [9.17, 15) is 9.90 Å². The molecule has 6 heteroatoms. The molecular weight excluding hydrogens is 231 g/mol. The zero-order valence-electron chi connectivity index (χ0n) is 10.6. The second-order valence-electron chi connectivity index (χ2n) is 5.93. The summed E-state index contributed by atoms with van der Waals surface area (Å²) in [6, 6.07) is 0.199. The van der Waals surface area contributed by atoms with Gasteiger partial charge in [-0.2, -0.15) is 0 Å². The van der Waals surface area contributed by atoms with E-state index >= 15 is 0 Å². The number of hydrogen-bond donors (Lipinski definition) is 4. The summed E-state index contributed by atoms with van der Waals surface area (Å²) in [5.41, 5.74) is 11.0. The molecule has 0 aromatic heterocycles. The fraction of sp³-hybridized carbons (Fsp3) is 0.917. The van der Waals surface area contributed by atoms with Crippen LogP contribution in [0.4, 0.5) is 0 Å². The van der Waals surface area contributed by atoms with Crippen LogP contribution in [0.25, 0.3) is 0 Å². The molecule has 5 atom stereocenters. The van der Waals surface area contributed by atoms with Gasteiger partial charge in [0.2, 0.25) is 0 Å². The molecular formula is C12H22BN2O3. The van der Waals surface area contributed by atoms with Gasteiger partial charge in [0.05, 0.1) is 0 Å². The lowest BCUT2D eigenvalue weighted by Gasteiger charge is -2.30. The van der Waals surface area contributed by atoms with Gasteiger partial charge >= 0.3 is 5.97 Å². The average molecular weight is 253 g/mol. The molecule has 3 unspecified atom stereocenters. The van der Waals surface area contributed by atoms with Gasteiger partial charge in [-0.3, -0.25) is 4.79 Å². The highest BCUT2D eigenvalue weighted by Gasteiger charge is 2.57. The number of fused-ring (bicyclic) bond motifs is 1. The Balaban J connectivity index is 2.10. The maximum atomic E-state index is 11.5. The summed E-state index contributed by atoms with van der Waals surface area (Å²) in [4.78, 5) is 11.5. The zero-order valence-corrected chi connectivity index (χ0v) is 10.6. The predicted octanol–water partition coefficient (Wildman–Crippen LogP) is -0.0481. The molecule has 2 rings (SSSR count). The third-order valence-electron chi connectivity index (χ3n) is 4.81. The number of rotatable bonds is 5. The van der Waals surface area contributed by atoms with Crippen LogP contribution in [0.15, 0.2) is 0 Å². The van der Waals surface area contributed by atoms with E-state index in [0.717, 1.165) is 33.2 Å². The molecule has 5 nitrogen and oxygen atoms in total. The van der Waals surface area contributed by atoms with E-state index in [1.54, 1.807) is 0 Å². The summed E-state index contributed by atoms with van der Waals surface area (Å²) in [5.74, 6) is -0.180. The summed E-state index contributed by atoms with van der Waals surface area (Å²) in [5, 5.41) is 18.1. The lowest BCUT2D eigenvalue weighted by atomic mass is 9.77. The zero-order chi connectivity index (χ0) is 13.3. The minimum Gasteiger partial charge on any atom is -0.480 e. The molecule has 0 saturated heterocycles. The summed E-state index contributed by atoms with van der Waals surface area (Å²) < 4.78 is 0. The van der Waals surface area contributed by atoms with Crippen molar-refractivity contribution in [3.05, 3.63) is 0 Å². The van der Waals surface area contributed by atoms with E-state index in [2.05, 4.69) is 0 Å². The lowest BCUT2D eigenvalue weighted by molar-refractivity contribution is -0.145. The SMILES string of the molecule is NC1C[C@@H]2CC(N)(C(=O)O)C(CCC[B]O)[C@@H]2C1. The predicted molar refractivity (Wildman–Crippen MR) is 68.9 cm³/mol. The summed E-state index contributed by atoms with van der Waals surface area (Å²) in [6.45, 7) is 0. The highest BCUT2D eigenvalue weighted by Crippen LogP contribution is 2.52. The first-order chi connectivity index (χ1) is 8.49. The van der Waals surface area contributed by atoms with Crippen molar-refractivity contribution < 1.29 is 14.9 Å². The van der Waals surface area contributed by atoms with Crippen molar-refractivity contribution in [3.63, 3.8) is 0 Å². The third kappa shape index (κ3) is 2.29. The van der Waals surface area contributed by atoms with Crippen molar-refractivity contribution in [2.75, 3.05) is 0 Å². The monoisotopic (exact) mass is 253 g/mol. The third-order valence-corrected chi connectivity index (χ3v) is 4.81. The summed E-state index contributed by atoms with van der Waals surface area (Å²) >= 11 is 0. The van der Waals surface area contributed by atoms with Crippen LogP contribution in [0.2, 0.25) is 6.32 Å². The molecule has 18 heavy (non-hydrogen) atoms. The molecule has 2 saturated carbocycles. The Hall–Kier alpha value is -0.585. The molecule has 101 valence electrons. The van der Waals surface area contributed by atoms with Crippen LogP contribution in [0.3, 0.4) is 0 Å². The molecule has 1 radical (unpaired) electrons. The Bertz CT molecular complexity index is 328. The molecule has 0 aliphatic heterocycles. The van der Waals surface area contributed by atoms with E-state index < -0.39 is 11.5 Å². The fourth-order valence-electron chi connectivity index (χ4n) is 4.04. The molecule has 2 aliphatic carbocycles. The molecule has 0 amide bonds. The Morgan fingerprint density at radius 1 is 1.44 bits per heavy atom. The largest absolute Gasteiger partial charge is 0.480 e. The highest BCUT2D eigenvalue weighted by molar-refractivity contribution is 6.25. The molecule has 6 N–H and O–H groups in total. The first-order valence-electron chi connectivity index (χ1n) is 6.72. The van der Waals surface area contributed by atoms with Crippen LogP contribution < -0.4 is 11.5 Å². The Labute approximate surface area is 108 Å². The minimum absolute atomic E-state index is 0.00602. The van der Waals surface area contributed by atoms with Gasteiger partial charge in [-0.05, 0) is 43.4 Å². The number of nitrogens with two attached hydrogens (primary N) is 2. The Morgan fingerprint density at radius 3 is 2.78 bits per heavy atom. The van der Waals surface area contributed by atoms with Crippen LogP contribution in [0, 0.1) is 17.8 Å². The van der Waals surface area contributed by atoms with Gasteiger partial charge in [0.1, 0.15) is 5.54 Å². The van der Waals surface area contributed by atoms with E-state index in [1.807, 2.05) is 0 Å². The summed E-state index contributed by atoms with van der Waals surface area (Å²) in [6.07, 6.45) is 4.48. The second-order valence-corrected chi connectivity index (χ2v) is 5.93. The molecule has 0 bridgehead atoms. The Kier molecular flexibility index (Phi) is 3.99. The van der Waals surface area contributed by atoms with E-state index in [-0.39, 0.29) is 12.0 Å². The normalized spacial score (nSPS) is 42.8. The van der Waals surface area contributed by atoms with Crippen molar-refractivity contribution in [2.24, 2.45) is 29.2 Å². The van der Waals surface area contributed by atoms with Crippen molar-refractivity contribution in [3.8, 4) is 0 Å². The van der Waals surface area contributed by atoms with Crippen LogP contribution in [-0.4, -0.2) is 35.2 Å². The molecule has 0 heterocycles. The van der Waals surface area contributed by atoms with Crippen molar-refractivity contribution >= 4 is 13.5 Å². The smallest absolute Gasteiger partial charge is 0.323 e. The number of carboxylic acid groups (broad SMARTS) is 1. The number of carbonyl (C=O) groups is 1. The number of carboxylic acids is 1. The molecule has 2 fully saturated rings. The maximum Gasteiger partial charge on any atom is 0.323 e. The Morgan fingerprint density at radius 2 is 2.17 bits per heavy atom. The van der Waals surface area contributed by atoms with E-state index in [4.69, 9.17) is 16.5 Å². The van der Waals surface area contributed by atoms with Crippen LogP contribution in [0.5, 0.6) is 0 Å². The van der Waals surface area contributed by atoms with Crippen molar-refractivity contribution in [2.45, 2.75) is 50.0 Å². The van der Waals surface area contributed by atoms with Gasteiger partial charge in [0.15, 0.2) is 0 Å². The topological polar surface area (TPSA) is 110 Å². The quantitative estimate of drug-likeness (QED) is 0.405. The van der Waals surface area contributed by atoms with E-state index in [1.165, 1.54) is 0 Å². The minimum atomic E-state index is -1.09. The van der Waals surface area contributed by atoms with Gasteiger partial charge in [0, 0.05) is 6.04 Å². The number of hydrogen-bond acceptors (Lipinski definition) is 4. The first kappa shape index (κ1) is 13.8. The van der Waals surface area contributed by atoms with Crippen LogP contribution in [-0.2, 0) is 4.79 Å². The van der Waals surface area contributed by atoms with E-state index in [0.29, 0.717) is 24.6 Å². The fourth-order valence-corrected chi connectivity index (χ4v) is 4.04. The highest BCUT2D eigenvalue weighted by atomic mass is 16.4. The molecule has 0 spiro atoms. The van der Waals surface area contributed by atoms with Crippen molar-refractivity contribution in [1.29, 1.82) is 0 Å². The standard InChI is InChI=1S/C12H22BN2O3/c14-8-4-7-6-12(15,11(16)17)10(9(7)5-8)2-1-3-13-18/h7-10,18H,1-6,14-15H2,(H,16,17)/t7-,8?,9-,10?,12?/m1/s1. The van der Waals surface area contributed by atoms with Gasteiger partial charge < -0.3 is 21.6 Å². The van der Waals surface area contributed by atoms with Crippen molar-refractivity contribution in [1.82, 2.24) is 0 Å². The first-order valence-corrected chi connectivity index (χ1v) is 6.72. The number of aliphatic carboxylic acids is 1. The van der Waals surface area contributed by atoms with Gasteiger partial charge in [-0.1, -0.05) is 12.7 Å².